The van der Waals surface area contributed by atoms with Gasteiger partial charge in [0.1, 0.15) is 5.75 Å². The van der Waals surface area contributed by atoms with Crippen LogP contribution in [-0.4, -0.2) is 58.6 Å². The number of pyridine rings is 1. The Balaban J connectivity index is 1.33. The molecule has 8 heteroatoms. The van der Waals surface area contributed by atoms with Crippen LogP contribution in [0.3, 0.4) is 0 Å². The second-order valence-corrected chi connectivity index (χ2v) is 8.37. The molecule has 1 saturated heterocycles. The number of phenolic OH excluding ortho intramolecular Hbond substituents is 1. The second-order valence-electron chi connectivity index (χ2n) is 8.37. The number of ether oxygens (including phenoxy) is 1. The van der Waals surface area contributed by atoms with Gasteiger partial charge in [0, 0.05) is 25.4 Å². The highest BCUT2D eigenvalue weighted by Crippen LogP contribution is 2.38. The number of rotatable bonds is 5. The van der Waals surface area contributed by atoms with Gasteiger partial charge in [0.2, 0.25) is 5.88 Å². The number of benzene rings is 1. The van der Waals surface area contributed by atoms with Crippen LogP contribution in [0.2, 0.25) is 0 Å². The van der Waals surface area contributed by atoms with E-state index in [1.54, 1.807) is 25.6 Å². The maximum atomic E-state index is 10.6. The fraction of sp³-hybridized carbons (Fsp3) is 0.391. The Morgan fingerprint density at radius 2 is 1.81 bits per heavy atom. The van der Waals surface area contributed by atoms with E-state index in [2.05, 4.69) is 37.4 Å². The van der Waals surface area contributed by atoms with Crippen molar-refractivity contribution in [3.8, 4) is 34.1 Å². The molecule has 1 saturated carbocycles. The minimum Gasteiger partial charge on any atom is -0.507 e. The van der Waals surface area contributed by atoms with Gasteiger partial charge in [-0.2, -0.15) is 0 Å². The molecule has 2 aromatic heterocycles. The molecule has 8 nitrogen and oxygen atoms in total. The summed E-state index contributed by atoms with van der Waals surface area (Å²) < 4.78 is 5.18. The Morgan fingerprint density at radius 1 is 1.03 bits per heavy atom. The average Bonchev–Trinajstić information content (AvgIpc) is 3.41. The van der Waals surface area contributed by atoms with Crippen molar-refractivity contribution >= 4 is 5.82 Å². The number of aromatic hydroxyl groups is 1. The first kappa shape index (κ1) is 19.7. The van der Waals surface area contributed by atoms with Gasteiger partial charge in [-0.15, -0.1) is 10.2 Å². The lowest BCUT2D eigenvalue weighted by Crippen LogP contribution is -2.32. The molecule has 0 unspecified atom stereocenters. The molecule has 1 aliphatic heterocycles. The topological polar surface area (TPSA) is 96.3 Å². The van der Waals surface area contributed by atoms with Crippen LogP contribution in [0.5, 0.6) is 11.6 Å². The first-order chi connectivity index (χ1) is 15.1. The quantitative estimate of drug-likeness (QED) is 0.653. The van der Waals surface area contributed by atoms with E-state index in [0.29, 0.717) is 23.3 Å². The summed E-state index contributed by atoms with van der Waals surface area (Å²) in [7, 11) is 3.65. The molecule has 1 aromatic carbocycles. The lowest BCUT2D eigenvalue weighted by atomic mass is 10.0. The van der Waals surface area contributed by atoms with Crippen LogP contribution in [0.25, 0.3) is 22.5 Å². The number of aromatic nitrogens is 4. The standard InChI is InChI=1S/C23H26N6O2/c1-29(18-7-16-11-24-12-17(16)8-18)21-13-26-23(28-27-21)19-4-3-14(9-20(19)30)15-5-6-25-22(10-15)31-2/h3-6,9-10,13,16-18,24,30H,7-8,11-12H2,1-2H3/t16-,17+,18+. The Morgan fingerprint density at radius 3 is 2.48 bits per heavy atom. The number of methoxy groups -OCH3 is 1. The lowest BCUT2D eigenvalue weighted by Gasteiger charge is -2.25. The smallest absolute Gasteiger partial charge is 0.213 e. The minimum atomic E-state index is 0.104. The van der Waals surface area contributed by atoms with Crippen LogP contribution in [0.1, 0.15) is 12.8 Å². The highest BCUT2D eigenvalue weighted by molar-refractivity contribution is 5.73. The van der Waals surface area contributed by atoms with Crippen LogP contribution in [0, 0.1) is 11.8 Å². The highest BCUT2D eigenvalue weighted by Gasteiger charge is 2.39. The molecule has 160 valence electrons. The van der Waals surface area contributed by atoms with Gasteiger partial charge in [-0.3, -0.25) is 0 Å². The molecular weight excluding hydrogens is 392 g/mol. The Labute approximate surface area is 181 Å². The van der Waals surface area contributed by atoms with Crippen molar-refractivity contribution in [3.63, 3.8) is 0 Å². The minimum absolute atomic E-state index is 0.104. The van der Waals surface area contributed by atoms with Crippen LogP contribution in [-0.2, 0) is 0 Å². The summed E-state index contributed by atoms with van der Waals surface area (Å²) in [5.41, 5.74) is 2.31. The maximum Gasteiger partial charge on any atom is 0.213 e. The molecule has 5 rings (SSSR count). The third-order valence-electron chi connectivity index (χ3n) is 6.60. The third-order valence-corrected chi connectivity index (χ3v) is 6.60. The SMILES string of the molecule is COc1cc(-c2ccc(-c3ncc(N(C)[C@@H]4C[C@H]5CNC[C@H]5C4)nn3)c(O)c2)ccn1. The third kappa shape index (κ3) is 3.79. The molecule has 2 fully saturated rings. The molecule has 0 radical (unpaired) electrons. The zero-order valence-corrected chi connectivity index (χ0v) is 17.7. The van der Waals surface area contributed by atoms with E-state index in [-0.39, 0.29) is 5.75 Å². The zero-order valence-electron chi connectivity index (χ0n) is 17.7. The second kappa shape index (κ2) is 8.11. The lowest BCUT2D eigenvalue weighted by molar-refractivity contribution is 0.398. The number of fused-ring (bicyclic) bond motifs is 1. The number of hydrogen-bond acceptors (Lipinski definition) is 8. The monoisotopic (exact) mass is 418 g/mol. The van der Waals surface area contributed by atoms with E-state index >= 15 is 0 Å². The summed E-state index contributed by atoms with van der Waals surface area (Å²) in [6, 6.07) is 9.58. The molecule has 0 bridgehead atoms. The molecule has 0 amide bonds. The molecule has 2 aliphatic rings. The Kier molecular flexibility index (Phi) is 5.15. The van der Waals surface area contributed by atoms with Gasteiger partial charge >= 0.3 is 0 Å². The van der Waals surface area contributed by atoms with Crippen molar-refractivity contribution < 1.29 is 9.84 Å². The van der Waals surface area contributed by atoms with Crippen LogP contribution < -0.4 is 15.0 Å². The molecule has 1 aliphatic carbocycles. The van der Waals surface area contributed by atoms with Gasteiger partial charge in [0.15, 0.2) is 11.6 Å². The molecule has 0 spiro atoms. The van der Waals surface area contributed by atoms with E-state index < -0.39 is 0 Å². The Bertz CT molecular complexity index is 1060. The summed E-state index contributed by atoms with van der Waals surface area (Å²) in [5.74, 6) is 3.33. The van der Waals surface area contributed by atoms with E-state index in [9.17, 15) is 5.11 Å². The predicted octanol–water partition coefficient (Wildman–Crippen LogP) is 2.75. The van der Waals surface area contributed by atoms with Crippen LogP contribution in [0.15, 0.2) is 42.7 Å². The van der Waals surface area contributed by atoms with Crippen molar-refractivity contribution in [3.05, 3.63) is 42.7 Å². The fourth-order valence-corrected chi connectivity index (χ4v) is 4.79. The number of phenols is 1. The van der Waals surface area contributed by atoms with Gasteiger partial charge in [0.25, 0.3) is 0 Å². The number of nitrogens with zero attached hydrogens (tertiary/aromatic N) is 5. The molecule has 2 N–H and O–H groups in total. The van der Waals surface area contributed by atoms with Gasteiger partial charge in [-0.1, -0.05) is 6.07 Å². The van der Waals surface area contributed by atoms with Crippen molar-refractivity contribution in [1.82, 2.24) is 25.5 Å². The fourth-order valence-electron chi connectivity index (χ4n) is 4.79. The van der Waals surface area contributed by atoms with Crippen LogP contribution in [0.4, 0.5) is 5.82 Å². The first-order valence-electron chi connectivity index (χ1n) is 10.6. The normalized spacial score (nSPS) is 22.3. The Hall–Kier alpha value is -3.26. The zero-order chi connectivity index (χ0) is 21.4. The van der Waals surface area contributed by atoms with Crippen LogP contribution >= 0.6 is 0 Å². The van der Waals surface area contributed by atoms with Gasteiger partial charge in [-0.05, 0) is 67.1 Å². The maximum absolute atomic E-state index is 10.6. The summed E-state index contributed by atoms with van der Waals surface area (Å²) in [6.45, 7) is 2.25. The molecule has 3 aromatic rings. The molecule has 3 heterocycles. The molecule has 3 atom stereocenters. The highest BCUT2D eigenvalue weighted by atomic mass is 16.5. The van der Waals surface area contributed by atoms with Crippen molar-refractivity contribution in [2.24, 2.45) is 11.8 Å². The summed E-state index contributed by atoms with van der Waals surface area (Å²) in [6.07, 6.45) is 5.78. The van der Waals surface area contributed by atoms with Crippen molar-refractivity contribution in [1.29, 1.82) is 0 Å². The largest absolute Gasteiger partial charge is 0.507 e. The predicted molar refractivity (Wildman–Crippen MR) is 118 cm³/mol. The summed E-state index contributed by atoms with van der Waals surface area (Å²) >= 11 is 0. The van der Waals surface area contributed by atoms with Crippen molar-refractivity contribution in [2.45, 2.75) is 18.9 Å². The van der Waals surface area contributed by atoms with Gasteiger partial charge in [-0.25, -0.2) is 9.97 Å². The van der Waals surface area contributed by atoms with E-state index in [0.717, 1.165) is 41.9 Å². The first-order valence-corrected chi connectivity index (χ1v) is 10.6. The van der Waals surface area contributed by atoms with Gasteiger partial charge in [0.05, 0.1) is 18.9 Å². The number of hydrogen-bond donors (Lipinski definition) is 2. The summed E-state index contributed by atoms with van der Waals surface area (Å²) in [5, 5.41) is 22.8. The number of anilines is 1. The van der Waals surface area contributed by atoms with Crippen molar-refractivity contribution in [2.75, 3.05) is 32.1 Å². The van der Waals surface area contributed by atoms with Gasteiger partial charge < -0.3 is 20.1 Å². The average molecular weight is 419 g/mol. The summed E-state index contributed by atoms with van der Waals surface area (Å²) in [4.78, 5) is 10.8. The van der Waals surface area contributed by atoms with E-state index in [1.165, 1.54) is 12.8 Å². The van der Waals surface area contributed by atoms with E-state index in [4.69, 9.17) is 4.74 Å². The number of nitrogens with one attached hydrogen (secondary N) is 1. The molecule has 31 heavy (non-hydrogen) atoms. The molecular formula is C23H26N6O2. The van der Waals surface area contributed by atoms with E-state index in [1.807, 2.05) is 24.3 Å².